The molecule has 0 fully saturated rings. The number of carbonyl (C=O) groups excluding carboxylic acids is 2. The summed E-state index contributed by atoms with van der Waals surface area (Å²) in [4.78, 5) is 31.2. The monoisotopic (exact) mass is 416 g/mol. The third kappa shape index (κ3) is 3.18. The summed E-state index contributed by atoms with van der Waals surface area (Å²) in [6, 6.07) is 9.86. The van der Waals surface area contributed by atoms with Crippen LogP contribution in [0.2, 0.25) is 0 Å². The number of nitrogens with zero attached hydrogens (tertiary/aromatic N) is 1. The van der Waals surface area contributed by atoms with Crippen molar-refractivity contribution in [2.24, 2.45) is 10.8 Å². The number of hydrogen-bond donors (Lipinski definition) is 1. The maximum Gasteiger partial charge on any atom is 0.225 e. The van der Waals surface area contributed by atoms with Crippen LogP contribution in [0.1, 0.15) is 80.1 Å². The van der Waals surface area contributed by atoms with Crippen LogP contribution in [0.4, 0.5) is 5.69 Å². The summed E-state index contributed by atoms with van der Waals surface area (Å²) < 4.78 is 6.30. The van der Waals surface area contributed by atoms with Crippen LogP contribution < -0.4 is 10.5 Å². The molecule has 0 amide bonds. The zero-order chi connectivity index (χ0) is 22.1. The number of benzene rings is 1. The van der Waals surface area contributed by atoms with Crippen LogP contribution in [0.5, 0.6) is 5.88 Å². The van der Waals surface area contributed by atoms with Gasteiger partial charge in [-0.25, -0.2) is 4.98 Å². The summed E-state index contributed by atoms with van der Waals surface area (Å²) >= 11 is 0. The van der Waals surface area contributed by atoms with Gasteiger partial charge >= 0.3 is 0 Å². The maximum absolute atomic E-state index is 13.3. The van der Waals surface area contributed by atoms with Gasteiger partial charge in [0.2, 0.25) is 5.88 Å². The Morgan fingerprint density at radius 1 is 0.935 bits per heavy atom. The van der Waals surface area contributed by atoms with E-state index in [9.17, 15) is 9.59 Å². The minimum Gasteiger partial charge on any atom is -0.443 e. The van der Waals surface area contributed by atoms with E-state index in [2.05, 4.69) is 27.7 Å². The van der Waals surface area contributed by atoms with Crippen LogP contribution in [0.3, 0.4) is 0 Å². The molecule has 5 nitrogen and oxygen atoms in total. The number of pyridine rings is 1. The fourth-order valence-corrected chi connectivity index (χ4v) is 5.41. The topological polar surface area (TPSA) is 82.3 Å². The highest BCUT2D eigenvalue weighted by Crippen LogP contribution is 2.52. The lowest BCUT2D eigenvalue weighted by Crippen LogP contribution is -2.35. The predicted octanol–water partition coefficient (Wildman–Crippen LogP) is 4.99. The van der Waals surface area contributed by atoms with Gasteiger partial charge in [0.1, 0.15) is 5.76 Å². The highest BCUT2D eigenvalue weighted by molar-refractivity contribution is 6.05. The molecule has 0 bridgehead atoms. The molecule has 0 saturated carbocycles. The number of nitrogens with two attached hydrogens (primary N) is 1. The van der Waals surface area contributed by atoms with Gasteiger partial charge in [0.05, 0.1) is 22.5 Å². The highest BCUT2D eigenvalue weighted by atomic mass is 16.5. The summed E-state index contributed by atoms with van der Waals surface area (Å²) in [6.07, 6.45) is 2.23. The van der Waals surface area contributed by atoms with Crippen molar-refractivity contribution < 1.29 is 14.3 Å². The van der Waals surface area contributed by atoms with Gasteiger partial charge in [-0.05, 0) is 22.8 Å². The van der Waals surface area contributed by atoms with Crippen molar-refractivity contribution >= 4 is 17.3 Å². The Balaban J connectivity index is 1.77. The molecule has 1 unspecified atom stereocenters. The highest BCUT2D eigenvalue weighted by Gasteiger charge is 2.45. The molecule has 2 aromatic rings. The Kier molecular flexibility index (Phi) is 4.20. The molecule has 2 heterocycles. The number of nitrogen functional groups attached to an aromatic ring is 1. The Morgan fingerprint density at radius 2 is 1.58 bits per heavy atom. The number of Topliss-reactive ketones (excluding diaryl/α,β-unsaturated/α-hetero) is 2. The second kappa shape index (κ2) is 6.52. The van der Waals surface area contributed by atoms with Crippen molar-refractivity contribution in [2.45, 2.75) is 59.3 Å². The molecule has 5 heteroatoms. The molecule has 5 rings (SSSR count). The Hall–Kier alpha value is -2.95. The van der Waals surface area contributed by atoms with Crippen LogP contribution in [-0.2, 0) is 11.2 Å². The number of aromatic nitrogens is 1. The summed E-state index contributed by atoms with van der Waals surface area (Å²) in [5.74, 6) is 0.858. The molecular formula is C26H28N2O3. The molecule has 160 valence electrons. The summed E-state index contributed by atoms with van der Waals surface area (Å²) in [5.41, 5.74) is 10.2. The maximum atomic E-state index is 13.3. The SMILES string of the molecule is CC1(C)CC(=O)C2=C(C1)Oc1nc3c(c(N)c1C2c1ccccc1)C(=O)CC(C)(C)C3. The second-order valence-corrected chi connectivity index (χ2v) is 10.7. The first-order valence-corrected chi connectivity index (χ1v) is 10.9. The molecule has 2 aliphatic carbocycles. The van der Waals surface area contributed by atoms with Gasteiger partial charge in [-0.3, -0.25) is 9.59 Å². The summed E-state index contributed by atoms with van der Waals surface area (Å²) in [5, 5.41) is 0. The van der Waals surface area contributed by atoms with Gasteiger partial charge < -0.3 is 10.5 Å². The Bertz CT molecular complexity index is 1160. The molecule has 1 aliphatic heterocycles. The lowest BCUT2D eigenvalue weighted by Gasteiger charge is -2.39. The number of anilines is 1. The van der Waals surface area contributed by atoms with Gasteiger partial charge in [-0.2, -0.15) is 0 Å². The molecule has 31 heavy (non-hydrogen) atoms. The van der Waals surface area contributed by atoms with Gasteiger partial charge in [0, 0.05) is 30.8 Å². The fraction of sp³-hybridized carbons (Fsp3) is 0.423. The Labute approximate surface area is 182 Å². The van der Waals surface area contributed by atoms with Crippen LogP contribution >= 0.6 is 0 Å². The number of rotatable bonds is 1. The number of allylic oxidation sites excluding steroid dienone is 2. The first-order chi connectivity index (χ1) is 14.6. The van der Waals surface area contributed by atoms with Crippen molar-refractivity contribution in [2.75, 3.05) is 5.73 Å². The molecule has 0 spiro atoms. The van der Waals surface area contributed by atoms with Gasteiger partial charge in [0.15, 0.2) is 11.6 Å². The molecule has 1 atom stereocenters. The average molecular weight is 417 g/mol. The molecule has 1 aromatic carbocycles. The van der Waals surface area contributed by atoms with E-state index < -0.39 is 0 Å². The zero-order valence-electron chi connectivity index (χ0n) is 18.5. The number of ketones is 2. The largest absolute Gasteiger partial charge is 0.443 e. The van der Waals surface area contributed by atoms with E-state index in [-0.39, 0.29) is 28.3 Å². The molecular weight excluding hydrogens is 388 g/mol. The Morgan fingerprint density at radius 3 is 2.29 bits per heavy atom. The van der Waals surface area contributed by atoms with E-state index in [1.54, 1.807) is 0 Å². The van der Waals surface area contributed by atoms with Crippen molar-refractivity contribution in [3.63, 3.8) is 0 Å². The van der Waals surface area contributed by atoms with Crippen LogP contribution in [0.15, 0.2) is 41.7 Å². The van der Waals surface area contributed by atoms with Crippen LogP contribution in [0.25, 0.3) is 0 Å². The lowest BCUT2D eigenvalue weighted by molar-refractivity contribution is -0.118. The summed E-state index contributed by atoms with van der Waals surface area (Å²) in [6.45, 7) is 8.31. The molecule has 3 aliphatic rings. The van der Waals surface area contributed by atoms with Crippen molar-refractivity contribution in [3.05, 3.63) is 64.0 Å². The molecule has 0 saturated heterocycles. The van der Waals surface area contributed by atoms with E-state index in [0.29, 0.717) is 65.4 Å². The fourth-order valence-electron chi connectivity index (χ4n) is 5.41. The molecule has 1 aromatic heterocycles. The number of carbonyl (C=O) groups is 2. The minimum absolute atomic E-state index is 0.0155. The van der Waals surface area contributed by atoms with Crippen LogP contribution in [-0.4, -0.2) is 16.6 Å². The summed E-state index contributed by atoms with van der Waals surface area (Å²) in [7, 11) is 0. The first-order valence-electron chi connectivity index (χ1n) is 10.9. The van der Waals surface area contributed by atoms with Crippen molar-refractivity contribution in [3.8, 4) is 5.88 Å². The normalized spacial score (nSPS) is 23.5. The van der Waals surface area contributed by atoms with E-state index in [1.807, 2.05) is 30.3 Å². The van der Waals surface area contributed by atoms with Gasteiger partial charge in [-0.15, -0.1) is 0 Å². The quantitative estimate of drug-likeness (QED) is 0.708. The molecule has 2 N–H and O–H groups in total. The molecule has 0 radical (unpaired) electrons. The van der Waals surface area contributed by atoms with E-state index >= 15 is 0 Å². The number of ether oxygens (including phenoxy) is 1. The predicted molar refractivity (Wildman–Crippen MR) is 119 cm³/mol. The van der Waals surface area contributed by atoms with E-state index in [4.69, 9.17) is 15.5 Å². The van der Waals surface area contributed by atoms with Crippen molar-refractivity contribution in [1.82, 2.24) is 4.98 Å². The standard InChI is InChI=1S/C26H28N2O3/c1-25(2)10-15-20(16(29)11-25)23(27)22-19(14-8-6-5-7-9-14)21-17(30)12-26(3,4)13-18(21)31-24(22)28-15/h5-9,19H,10-13H2,1-4H3,(H2,27,28). The smallest absolute Gasteiger partial charge is 0.225 e. The number of hydrogen-bond acceptors (Lipinski definition) is 5. The third-order valence-electron chi connectivity index (χ3n) is 6.69. The van der Waals surface area contributed by atoms with E-state index in [0.717, 1.165) is 5.56 Å². The number of fused-ring (bicyclic) bond motifs is 2. The average Bonchev–Trinajstić information content (AvgIpc) is 2.64. The van der Waals surface area contributed by atoms with Gasteiger partial charge in [0.25, 0.3) is 0 Å². The zero-order valence-corrected chi connectivity index (χ0v) is 18.5. The van der Waals surface area contributed by atoms with Gasteiger partial charge in [-0.1, -0.05) is 58.0 Å². The minimum atomic E-state index is -0.371. The first kappa shape index (κ1) is 20.0. The van der Waals surface area contributed by atoms with Crippen molar-refractivity contribution in [1.29, 1.82) is 0 Å². The lowest BCUT2D eigenvalue weighted by atomic mass is 9.69. The van der Waals surface area contributed by atoms with Crippen LogP contribution in [0, 0.1) is 10.8 Å². The van der Waals surface area contributed by atoms with E-state index in [1.165, 1.54) is 0 Å². The third-order valence-corrected chi connectivity index (χ3v) is 6.69. The second-order valence-electron chi connectivity index (χ2n) is 10.7.